The number of nitrogens with zero attached hydrogens (tertiary/aromatic N) is 1. The summed E-state index contributed by atoms with van der Waals surface area (Å²) in [6.45, 7) is 14.4. The molecule has 9 heteroatoms. The van der Waals surface area contributed by atoms with Crippen molar-refractivity contribution in [2.45, 2.75) is 118 Å². The molecular formula is C35H48F2N2O5. The Kier molecular flexibility index (Phi) is 7.41. The van der Waals surface area contributed by atoms with Crippen LogP contribution in [0.2, 0.25) is 0 Å². The molecule has 1 amide bonds. The van der Waals surface area contributed by atoms with E-state index in [4.69, 9.17) is 4.74 Å². The molecule has 0 aromatic heterocycles. The molecule has 3 saturated carbocycles. The standard InChI is InChI=1S/C35H48F2N2O5/c1-20(40)44-19-31(5)24-9-10-32(6)25(30(24,4)16-21(18-38)27(31)42)15-23(41)26-22-17-29(2,3)11-13-35(22,14-12-33(26,32)7)39-28(43)34(8,36)37/h15-16,22,24,26-27,42H,9-14,17,19H2,1-8H3,(H,39,43)/t22?,24?,26?,27?,30-,31-,32+,33+,35-/m0/s1. The van der Waals surface area contributed by atoms with Gasteiger partial charge in [-0.25, -0.2) is 0 Å². The molecule has 44 heavy (non-hydrogen) atoms. The highest BCUT2D eigenvalue weighted by atomic mass is 19.3. The summed E-state index contributed by atoms with van der Waals surface area (Å²) in [5.74, 6) is -6.34. The number of alkyl halides is 2. The lowest BCUT2D eigenvalue weighted by atomic mass is 9.35. The van der Waals surface area contributed by atoms with Crippen molar-refractivity contribution in [2.75, 3.05) is 6.61 Å². The molecule has 5 aliphatic carbocycles. The minimum Gasteiger partial charge on any atom is -0.465 e. The topological polar surface area (TPSA) is 116 Å². The number of nitrogens with one attached hydrogen (secondary N) is 1. The van der Waals surface area contributed by atoms with E-state index in [1.54, 1.807) is 6.08 Å². The Labute approximate surface area is 259 Å². The number of rotatable bonds is 4. The molecule has 0 spiro atoms. The lowest BCUT2D eigenvalue weighted by molar-refractivity contribution is -0.173. The number of hydrogen-bond acceptors (Lipinski definition) is 6. The Morgan fingerprint density at radius 3 is 2.34 bits per heavy atom. The van der Waals surface area contributed by atoms with Crippen molar-refractivity contribution in [3.63, 3.8) is 0 Å². The lowest BCUT2D eigenvalue weighted by Gasteiger charge is -2.69. The van der Waals surface area contributed by atoms with Gasteiger partial charge in [0.15, 0.2) is 5.78 Å². The third kappa shape index (κ3) is 4.52. The van der Waals surface area contributed by atoms with Crippen molar-refractivity contribution in [2.24, 2.45) is 44.8 Å². The van der Waals surface area contributed by atoms with Crippen LogP contribution < -0.4 is 5.32 Å². The van der Waals surface area contributed by atoms with Gasteiger partial charge >= 0.3 is 11.9 Å². The molecule has 0 saturated heterocycles. The molecule has 0 bridgehead atoms. The maximum absolute atomic E-state index is 14.6. The summed E-state index contributed by atoms with van der Waals surface area (Å²) in [7, 11) is 0. The quantitative estimate of drug-likeness (QED) is 0.372. The number of allylic oxidation sites excluding steroid dienone is 3. The van der Waals surface area contributed by atoms with Gasteiger partial charge in [-0.05, 0) is 79.1 Å². The zero-order valence-electron chi connectivity index (χ0n) is 27.4. The number of nitriles is 1. The molecular weight excluding hydrogens is 566 g/mol. The third-order valence-electron chi connectivity index (χ3n) is 13.2. The van der Waals surface area contributed by atoms with Gasteiger partial charge < -0.3 is 15.2 Å². The second-order valence-corrected chi connectivity index (χ2v) is 16.4. The molecule has 3 fully saturated rings. The van der Waals surface area contributed by atoms with E-state index in [9.17, 15) is 33.5 Å². The normalized spacial score (nSPS) is 44.4. The number of ketones is 1. The molecule has 7 nitrogen and oxygen atoms in total. The first-order valence-electron chi connectivity index (χ1n) is 16.0. The number of aliphatic hydroxyl groups excluding tert-OH is 1. The number of halogens is 2. The highest BCUT2D eigenvalue weighted by molar-refractivity contribution is 5.96. The smallest absolute Gasteiger partial charge is 0.321 e. The number of carbonyl (C=O) groups excluding carboxylic acids is 3. The molecule has 2 N–H and O–H groups in total. The van der Waals surface area contributed by atoms with Crippen LogP contribution in [0.15, 0.2) is 23.3 Å². The molecule has 0 heterocycles. The predicted molar refractivity (Wildman–Crippen MR) is 160 cm³/mol. The predicted octanol–water partition coefficient (Wildman–Crippen LogP) is 6.06. The Morgan fingerprint density at radius 2 is 1.75 bits per heavy atom. The maximum Gasteiger partial charge on any atom is 0.321 e. The molecule has 0 aromatic carbocycles. The Balaban J connectivity index is 1.65. The summed E-state index contributed by atoms with van der Waals surface area (Å²) >= 11 is 0. The molecule has 242 valence electrons. The number of fused-ring (bicyclic) bond motifs is 7. The van der Waals surface area contributed by atoms with Crippen molar-refractivity contribution in [1.82, 2.24) is 5.32 Å². The van der Waals surface area contributed by atoms with Crippen LogP contribution in [0.1, 0.15) is 100 Å². The molecule has 5 rings (SSSR count). The average molecular weight is 615 g/mol. The van der Waals surface area contributed by atoms with E-state index in [0.717, 1.165) is 12.0 Å². The van der Waals surface area contributed by atoms with E-state index >= 15 is 0 Å². The fraction of sp³-hybridized carbons (Fsp3) is 0.771. The van der Waals surface area contributed by atoms with Crippen molar-refractivity contribution in [1.29, 1.82) is 5.26 Å². The van der Waals surface area contributed by atoms with E-state index in [1.165, 1.54) is 6.92 Å². The molecule has 9 atom stereocenters. The van der Waals surface area contributed by atoms with Crippen LogP contribution in [0.25, 0.3) is 0 Å². The number of amides is 1. The monoisotopic (exact) mass is 614 g/mol. The van der Waals surface area contributed by atoms with Gasteiger partial charge in [0.1, 0.15) is 0 Å². The number of hydrogen-bond donors (Lipinski definition) is 2. The van der Waals surface area contributed by atoms with Gasteiger partial charge in [0.25, 0.3) is 5.91 Å². The molecule has 0 radical (unpaired) electrons. The van der Waals surface area contributed by atoms with Gasteiger partial charge in [0.05, 0.1) is 24.4 Å². The van der Waals surface area contributed by atoms with Gasteiger partial charge in [-0.3, -0.25) is 14.4 Å². The fourth-order valence-corrected chi connectivity index (χ4v) is 10.6. The van der Waals surface area contributed by atoms with Gasteiger partial charge in [0.2, 0.25) is 0 Å². The maximum atomic E-state index is 14.6. The zero-order chi connectivity index (χ0) is 32.9. The summed E-state index contributed by atoms with van der Waals surface area (Å²) < 4.78 is 33.9. The van der Waals surface area contributed by atoms with Gasteiger partial charge in [-0.1, -0.05) is 53.2 Å². The summed E-state index contributed by atoms with van der Waals surface area (Å²) in [6, 6.07) is 2.18. The van der Waals surface area contributed by atoms with Crippen molar-refractivity contribution in [3.8, 4) is 6.07 Å². The first kappa shape index (κ1) is 32.8. The Morgan fingerprint density at radius 1 is 1.11 bits per heavy atom. The SMILES string of the molecule is CC(=O)OC[C@]1(C)C(O)C(C#N)=C[C@]2(C)C3=CC(=O)C4C5CC(C)(C)CC[C@]5(NC(=O)C(C)(F)F)CC[C@@]4(C)[C@]3(C)CCC12. The van der Waals surface area contributed by atoms with Crippen molar-refractivity contribution >= 4 is 17.7 Å². The second-order valence-electron chi connectivity index (χ2n) is 16.4. The van der Waals surface area contributed by atoms with Crippen LogP contribution in [0, 0.1) is 56.2 Å². The third-order valence-corrected chi connectivity index (χ3v) is 13.2. The van der Waals surface area contributed by atoms with Crippen LogP contribution in [0.4, 0.5) is 8.78 Å². The zero-order valence-corrected chi connectivity index (χ0v) is 27.4. The van der Waals surface area contributed by atoms with Gasteiger partial charge in [-0.2, -0.15) is 14.0 Å². The van der Waals surface area contributed by atoms with Crippen LogP contribution >= 0.6 is 0 Å². The molecule has 5 aliphatic rings. The molecule has 4 unspecified atom stereocenters. The van der Waals surface area contributed by atoms with Crippen LogP contribution in [-0.2, 0) is 19.1 Å². The summed E-state index contributed by atoms with van der Waals surface area (Å²) in [6.07, 6.45) is 6.86. The summed E-state index contributed by atoms with van der Waals surface area (Å²) in [4.78, 5) is 39.2. The number of aliphatic hydroxyl groups is 1. The van der Waals surface area contributed by atoms with Crippen molar-refractivity contribution in [3.05, 3.63) is 23.3 Å². The summed E-state index contributed by atoms with van der Waals surface area (Å²) in [5.41, 5.74) is -2.63. The first-order chi connectivity index (χ1) is 20.1. The lowest BCUT2D eigenvalue weighted by Crippen LogP contribution is -2.70. The number of ether oxygens (including phenoxy) is 1. The highest BCUT2D eigenvalue weighted by Crippen LogP contribution is 2.73. The number of carbonyl (C=O) groups is 3. The van der Waals surface area contributed by atoms with E-state index in [1.807, 2.05) is 19.9 Å². The molecule has 0 aliphatic heterocycles. The first-order valence-corrected chi connectivity index (χ1v) is 16.0. The minimum absolute atomic E-state index is 0.0535. The van der Waals surface area contributed by atoms with Gasteiger partial charge in [-0.15, -0.1) is 0 Å². The van der Waals surface area contributed by atoms with Crippen LogP contribution in [0.3, 0.4) is 0 Å². The van der Waals surface area contributed by atoms with Crippen molar-refractivity contribution < 1.29 is 33.0 Å². The van der Waals surface area contributed by atoms with E-state index in [-0.39, 0.29) is 35.2 Å². The van der Waals surface area contributed by atoms with Crippen LogP contribution in [0.5, 0.6) is 0 Å². The van der Waals surface area contributed by atoms with Gasteiger partial charge in [0, 0.05) is 36.1 Å². The largest absolute Gasteiger partial charge is 0.465 e. The van der Waals surface area contributed by atoms with Crippen LogP contribution in [-0.4, -0.2) is 46.9 Å². The Hall–Kier alpha value is -2.60. The average Bonchev–Trinajstić information content (AvgIpc) is 2.91. The second kappa shape index (κ2) is 9.95. The fourth-order valence-electron chi connectivity index (χ4n) is 10.6. The highest BCUT2D eigenvalue weighted by Gasteiger charge is 2.70. The van der Waals surface area contributed by atoms with E-state index < -0.39 is 57.0 Å². The molecule has 0 aromatic rings. The minimum atomic E-state index is -3.52. The number of esters is 1. The summed E-state index contributed by atoms with van der Waals surface area (Å²) in [5, 5.41) is 24.3. The Bertz CT molecular complexity index is 1390. The van der Waals surface area contributed by atoms with E-state index in [2.05, 4.69) is 39.1 Å². The van der Waals surface area contributed by atoms with E-state index in [0.29, 0.717) is 45.4 Å².